The lowest BCUT2D eigenvalue weighted by atomic mass is 9.84. The van der Waals surface area contributed by atoms with Gasteiger partial charge in [-0.25, -0.2) is 4.79 Å². The minimum Gasteiger partial charge on any atom is -0.497 e. The molecule has 0 bridgehead atoms. The van der Waals surface area contributed by atoms with Gasteiger partial charge in [0.05, 0.1) is 26.4 Å². The van der Waals surface area contributed by atoms with Crippen molar-refractivity contribution in [2.45, 2.75) is 38.1 Å². The maximum Gasteiger partial charge on any atom is 0.338 e. The first kappa shape index (κ1) is 17.1. The molecule has 2 saturated heterocycles. The number of nitrogens with zero attached hydrogens (tertiary/aromatic N) is 1. The van der Waals surface area contributed by atoms with Crippen LogP contribution in [0, 0.1) is 5.92 Å². The average molecular weight is 333 g/mol. The first-order valence-corrected chi connectivity index (χ1v) is 8.85. The number of benzene rings is 1. The summed E-state index contributed by atoms with van der Waals surface area (Å²) in [6.45, 7) is 2.89. The molecule has 2 aliphatic rings. The number of methoxy groups -OCH3 is 2. The van der Waals surface area contributed by atoms with Crippen molar-refractivity contribution >= 4 is 5.97 Å². The summed E-state index contributed by atoms with van der Waals surface area (Å²) in [6.07, 6.45) is 6.17. The molecule has 0 spiro atoms. The standard InChI is InChI=1S/C19H27NO4/c1-22-16-10-15(11-17(12-16)23-2)19(21)24-13-14-6-5-9-20-8-4-3-7-18(14)20/h10-12,14,18H,3-9,13H2,1-2H3/t14-,18-/m1/s1. The average Bonchev–Trinajstić information content (AvgIpc) is 2.65. The molecular formula is C19H27NO4. The summed E-state index contributed by atoms with van der Waals surface area (Å²) in [7, 11) is 3.15. The summed E-state index contributed by atoms with van der Waals surface area (Å²) in [4.78, 5) is 15.0. The number of hydrogen-bond donors (Lipinski definition) is 0. The highest BCUT2D eigenvalue weighted by molar-refractivity contribution is 5.90. The SMILES string of the molecule is COc1cc(OC)cc(C(=O)OC[C@H]2CCCN3CCCC[C@H]23)c1. The molecule has 2 atom stereocenters. The highest BCUT2D eigenvalue weighted by Crippen LogP contribution is 2.31. The molecular weight excluding hydrogens is 306 g/mol. The minimum atomic E-state index is -0.305. The molecule has 3 rings (SSSR count). The van der Waals surface area contributed by atoms with Gasteiger partial charge in [0.1, 0.15) is 11.5 Å². The van der Waals surface area contributed by atoms with Gasteiger partial charge in [-0.2, -0.15) is 0 Å². The monoisotopic (exact) mass is 333 g/mol. The fourth-order valence-electron chi connectivity index (χ4n) is 3.96. The molecule has 0 N–H and O–H groups in total. The van der Waals surface area contributed by atoms with Gasteiger partial charge in [-0.3, -0.25) is 4.90 Å². The van der Waals surface area contributed by atoms with E-state index in [4.69, 9.17) is 14.2 Å². The second-order valence-electron chi connectivity index (χ2n) is 6.70. The molecule has 1 aromatic carbocycles. The Hall–Kier alpha value is -1.75. The van der Waals surface area contributed by atoms with Crippen molar-refractivity contribution in [3.63, 3.8) is 0 Å². The van der Waals surface area contributed by atoms with Crippen LogP contribution in [0.4, 0.5) is 0 Å². The third-order valence-electron chi connectivity index (χ3n) is 5.24. The molecule has 24 heavy (non-hydrogen) atoms. The largest absolute Gasteiger partial charge is 0.497 e. The van der Waals surface area contributed by atoms with Crippen molar-refractivity contribution in [2.75, 3.05) is 33.9 Å². The Bertz CT molecular complexity index is 550. The Morgan fingerprint density at radius 2 is 1.75 bits per heavy atom. The molecule has 0 saturated carbocycles. The van der Waals surface area contributed by atoms with Gasteiger partial charge in [0.25, 0.3) is 0 Å². The van der Waals surface area contributed by atoms with E-state index >= 15 is 0 Å². The van der Waals surface area contributed by atoms with E-state index in [1.165, 1.54) is 38.8 Å². The fraction of sp³-hybridized carbons (Fsp3) is 0.632. The van der Waals surface area contributed by atoms with Gasteiger partial charge in [-0.15, -0.1) is 0 Å². The van der Waals surface area contributed by atoms with E-state index in [9.17, 15) is 4.79 Å². The Morgan fingerprint density at radius 3 is 2.46 bits per heavy atom. The van der Waals surface area contributed by atoms with Crippen LogP contribution >= 0.6 is 0 Å². The van der Waals surface area contributed by atoms with Crippen LogP contribution in [0.15, 0.2) is 18.2 Å². The van der Waals surface area contributed by atoms with Crippen LogP contribution in [0.3, 0.4) is 0 Å². The van der Waals surface area contributed by atoms with E-state index in [0.717, 1.165) is 6.42 Å². The summed E-state index contributed by atoms with van der Waals surface area (Å²) >= 11 is 0. The molecule has 0 radical (unpaired) electrons. The van der Waals surface area contributed by atoms with Crippen LogP contribution in [-0.4, -0.2) is 50.8 Å². The van der Waals surface area contributed by atoms with Gasteiger partial charge < -0.3 is 14.2 Å². The van der Waals surface area contributed by atoms with Crippen molar-refractivity contribution in [3.8, 4) is 11.5 Å². The quantitative estimate of drug-likeness (QED) is 0.775. The number of ether oxygens (including phenoxy) is 3. The maximum absolute atomic E-state index is 12.4. The van der Waals surface area contributed by atoms with Gasteiger partial charge in [-0.05, 0) is 50.9 Å². The lowest BCUT2D eigenvalue weighted by molar-refractivity contribution is 0.00735. The van der Waals surface area contributed by atoms with Crippen molar-refractivity contribution in [1.29, 1.82) is 0 Å². The van der Waals surface area contributed by atoms with E-state index < -0.39 is 0 Å². The molecule has 0 aliphatic carbocycles. The fourth-order valence-corrected chi connectivity index (χ4v) is 3.96. The van der Waals surface area contributed by atoms with Crippen LogP contribution in [0.25, 0.3) is 0 Å². The van der Waals surface area contributed by atoms with Crippen molar-refractivity contribution in [3.05, 3.63) is 23.8 Å². The van der Waals surface area contributed by atoms with Gasteiger partial charge in [0.2, 0.25) is 0 Å². The van der Waals surface area contributed by atoms with E-state index in [1.54, 1.807) is 32.4 Å². The van der Waals surface area contributed by atoms with E-state index in [1.807, 2.05) is 0 Å². The molecule has 2 heterocycles. The number of rotatable bonds is 5. The predicted molar refractivity (Wildman–Crippen MR) is 91.8 cm³/mol. The Morgan fingerprint density at radius 1 is 1.04 bits per heavy atom. The van der Waals surface area contributed by atoms with E-state index in [0.29, 0.717) is 35.6 Å². The van der Waals surface area contributed by atoms with Crippen molar-refractivity contribution in [2.24, 2.45) is 5.92 Å². The second-order valence-corrected chi connectivity index (χ2v) is 6.70. The molecule has 1 aromatic rings. The molecule has 2 fully saturated rings. The summed E-state index contributed by atoms with van der Waals surface area (Å²) in [5.41, 5.74) is 0.475. The summed E-state index contributed by atoms with van der Waals surface area (Å²) in [6, 6.07) is 5.72. The number of carbonyl (C=O) groups excluding carboxylic acids is 1. The molecule has 5 nitrogen and oxygen atoms in total. The highest BCUT2D eigenvalue weighted by atomic mass is 16.5. The first-order valence-electron chi connectivity index (χ1n) is 8.85. The normalized spacial score (nSPS) is 24.1. The zero-order chi connectivity index (χ0) is 16.9. The third kappa shape index (κ3) is 3.83. The molecule has 2 aliphatic heterocycles. The maximum atomic E-state index is 12.4. The van der Waals surface area contributed by atoms with Crippen LogP contribution in [0.5, 0.6) is 11.5 Å². The zero-order valence-electron chi connectivity index (χ0n) is 14.6. The topological polar surface area (TPSA) is 48.0 Å². The van der Waals surface area contributed by atoms with Gasteiger partial charge >= 0.3 is 5.97 Å². The number of esters is 1. The Kier molecular flexibility index (Phi) is 5.61. The molecule has 0 amide bonds. The molecule has 132 valence electrons. The molecule has 0 unspecified atom stereocenters. The van der Waals surface area contributed by atoms with Crippen LogP contribution in [0.2, 0.25) is 0 Å². The summed E-state index contributed by atoms with van der Waals surface area (Å²) in [5, 5.41) is 0. The van der Waals surface area contributed by atoms with Crippen LogP contribution < -0.4 is 9.47 Å². The minimum absolute atomic E-state index is 0.305. The lowest BCUT2D eigenvalue weighted by Gasteiger charge is -2.44. The van der Waals surface area contributed by atoms with E-state index in [2.05, 4.69) is 4.90 Å². The van der Waals surface area contributed by atoms with Crippen molar-refractivity contribution < 1.29 is 19.0 Å². The van der Waals surface area contributed by atoms with Crippen LogP contribution in [-0.2, 0) is 4.74 Å². The number of piperidine rings is 2. The lowest BCUT2D eigenvalue weighted by Crippen LogP contribution is -2.49. The van der Waals surface area contributed by atoms with E-state index in [-0.39, 0.29) is 5.97 Å². The number of carbonyl (C=O) groups is 1. The first-order chi connectivity index (χ1) is 11.7. The Balaban J connectivity index is 1.62. The zero-order valence-corrected chi connectivity index (χ0v) is 14.6. The smallest absolute Gasteiger partial charge is 0.338 e. The summed E-state index contributed by atoms with van der Waals surface area (Å²) in [5.74, 6) is 1.34. The number of hydrogen-bond acceptors (Lipinski definition) is 5. The third-order valence-corrected chi connectivity index (χ3v) is 5.24. The highest BCUT2D eigenvalue weighted by Gasteiger charge is 2.33. The molecule has 0 aromatic heterocycles. The molecule has 5 heteroatoms. The Labute approximate surface area is 143 Å². The van der Waals surface area contributed by atoms with Crippen LogP contribution in [0.1, 0.15) is 42.5 Å². The van der Waals surface area contributed by atoms with Gasteiger partial charge in [0.15, 0.2) is 0 Å². The second kappa shape index (κ2) is 7.88. The predicted octanol–water partition coefficient (Wildman–Crippen LogP) is 3.13. The van der Waals surface area contributed by atoms with Gasteiger partial charge in [-0.1, -0.05) is 6.42 Å². The summed E-state index contributed by atoms with van der Waals surface area (Å²) < 4.78 is 16.1. The number of fused-ring (bicyclic) bond motifs is 1. The van der Waals surface area contributed by atoms with Gasteiger partial charge in [0, 0.05) is 18.0 Å². The van der Waals surface area contributed by atoms with Crippen molar-refractivity contribution in [1.82, 2.24) is 4.90 Å².